The summed E-state index contributed by atoms with van der Waals surface area (Å²) in [7, 11) is 0. The number of carboxylic acid groups (broad SMARTS) is 1. The van der Waals surface area contributed by atoms with Gasteiger partial charge in [0.25, 0.3) is 0 Å². The number of aliphatic carboxylic acids is 1. The Morgan fingerprint density at radius 1 is 1.20 bits per heavy atom. The van der Waals surface area contributed by atoms with Gasteiger partial charge in [-0.3, -0.25) is 24.0 Å². The molecule has 13 heteroatoms. The van der Waals surface area contributed by atoms with Crippen molar-refractivity contribution in [1.29, 1.82) is 0 Å². The van der Waals surface area contributed by atoms with Gasteiger partial charge in [0, 0.05) is 24.8 Å². The van der Waals surface area contributed by atoms with E-state index in [9.17, 15) is 37.5 Å². The van der Waals surface area contributed by atoms with Gasteiger partial charge in [-0.15, -0.1) is 0 Å². The molecule has 2 heterocycles. The number of carbonyl (C=O) groups excluding carboxylic acids is 2. The summed E-state index contributed by atoms with van der Waals surface area (Å²) in [5.74, 6) is -4.90. The average Bonchev–Trinajstić information content (AvgIpc) is 3.10. The number of aromatic nitrogens is 1. The molecule has 1 fully saturated rings. The number of carbonyl (C=O) groups is 3. The van der Waals surface area contributed by atoms with Gasteiger partial charge in [-0.1, -0.05) is 23.7 Å². The van der Waals surface area contributed by atoms with E-state index < -0.39 is 59.4 Å². The molecule has 1 aliphatic heterocycles. The minimum absolute atomic E-state index is 0.137. The Labute approximate surface area is 199 Å². The second kappa shape index (κ2) is 8.77. The number of imide groups is 1. The summed E-state index contributed by atoms with van der Waals surface area (Å²) in [4.78, 5) is 51.4. The van der Waals surface area contributed by atoms with Crippen LogP contribution in [0.25, 0.3) is 11.1 Å². The van der Waals surface area contributed by atoms with Gasteiger partial charge in [0.2, 0.25) is 5.91 Å². The SMILES string of the molecule is CCn1c(=O)oc2cc(N3CC(C(=O)O)C(=O)N(Cc4cccc(C(F)(F)F)c4Cl)C3=O)ccc21. The number of benzene rings is 2. The molecule has 2 aromatic carbocycles. The van der Waals surface area contributed by atoms with Gasteiger partial charge in [0.15, 0.2) is 11.5 Å². The van der Waals surface area contributed by atoms with E-state index in [1.54, 1.807) is 6.92 Å². The summed E-state index contributed by atoms with van der Waals surface area (Å²) >= 11 is 5.91. The van der Waals surface area contributed by atoms with Crippen molar-refractivity contribution >= 4 is 46.3 Å². The first-order valence-electron chi connectivity index (χ1n) is 10.3. The molecule has 9 nitrogen and oxygen atoms in total. The number of hydrogen-bond donors (Lipinski definition) is 1. The minimum atomic E-state index is -4.77. The maximum Gasteiger partial charge on any atom is 0.419 e. The number of aryl methyl sites for hydroxylation is 1. The molecule has 1 aromatic heterocycles. The van der Waals surface area contributed by atoms with E-state index in [4.69, 9.17) is 16.0 Å². The number of carboxylic acids is 1. The Bertz CT molecular complexity index is 1410. The third kappa shape index (κ3) is 4.25. The van der Waals surface area contributed by atoms with E-state index in [0.717, 1.165) is 17.0 Å². The number of halogens is 4. The second-order valence-corrected chi connectivity index (χ2v) is 8.13. The Balaban J connectivity index is 1.75. The predicted molar refractivity (Wildman–Crippen MR) is 117 cm³/mol. The number of fused-ring (bicyclic) bond motifs is 1. The summed E-state index contributed by atoms with van der Waals surface area (Å²) < 4.78 is 46.3. The number of urea groups is 1. The van der Waals surface area contributed by atoms with Crippen molar-refractivity contribution in [2.24, 2.45) is 5.92 Å². The molecular formula is C22H17ClF3N3O6. The summed E-state index contributed by atoms with van der Waals surface area (Å²) in [6, 6.07) is 6.38. The van der Waals surface area contributed by atoms with E-state index in [-0.39, 0.29) is 16.8 Å². The number of oxazole rings is 1. The van der Waals surface area contributed by atoms with Crippen LogP contribution in [-0.2, 0) is 28.9 Å². The van der Waals surface area contributed by atoms with E-state index in [2.05, 4.69) is 0 Å². The molecule has 1 aliphatic rings. The number of anilines is 1. The Kier molecular flexibility index (Phi) is 6.09. The van der Waals surface area contributed by atoms with E-state index >= 15 is 0 Å². The molecule has 35 heavy (non-hydrogen) atoms. The first kappa shape index (κ1) is 24.3. The normalized spacial score (nSPS) is 16.9. The van der Waals surface area contributed by atoms with Crippen LogP contribution in [0.5, 0.6) is 0 Å². The van der Waals surface area contributed by atoms with Crippen molar-refractivity contribution in [3.63, 3.8) is 0 Å². The van der Waals surface area contributed by atoms with Gasteiger partial charge in [0.1, 0.15) is 0 Å². The zero-order valence-electron chi connectivity index (χ0n) is 18.0. The molecule has 184 valence electrons. The van der Waals surface area contributed by atoms with Crippen LogP contribution in [0.4, 0.5) is 23.7 Å². The van der Waals surface area contributed by atoms with Gasteiger partial charge in [-0.2, -0.15) is 13.2 Å². The maximum atomic E-state index is 13.2. The highest BCUT2D eigenvalue weighted by molar-refractivity contribution is 6.32. The minimum Gasteiger partial charge on any atom is -0.481 e. The van der Waals surface area contributed by atoms with Gasteiger partial charge in [-0.05, 0) is 30.7 Å². The van der Waals surface area contributed by atoms with Crippen molar-refractivity contribution in [3.05, 3.63) is 63.1 Å². The first-order chi connectivity index (χ1) is 16.4. The quantitative estimate of drug-likeness (QED) is 0.519. The van der Waals surface area contributed by atoms with E-state index in [1.165, 1.54) is 28.8 Å². The van der Waals surface area contributed by atoms with Gasteiger partial charge >= 0.3 is 23.9 Å². The molecule has 1 unspecified atom stereocenters. The summed E-state index contributed by atoms with van der Waals surface area (Å²) in [6.07, 6.45) is -4.77. The smallest absolute Gasteiger partial charge is 0.419 e. The molecule has 4 rings (SSSR count). The fourth-order valence-electron chi connectivity index (χ4n) is 3.93. The summed E-state index contributed by atoms with van der Waals surface area (Å²) in [5, 5.41) is 8.87. The average molecular weight is 512 g/mol. The first-order valence-corrected chi connectivity index (χ1v) is 10.7. The predicted octanol–water partition coefficient (Wildman–Crippen LogP) is 3.96. The maximum absolute atomic E-state index is 13.2. The van der Waals surface area contributed by atoms with Crippen molar-refractivity contribution in [3.8, 4) is 0 Å². The zero-order chi connectivity index (χ0) is 25.7. The van der Waals surface area contributed by atoms with E-state index in [1.807, 2.05) is 0 Å². The van der Waals surface area contributed by atoms with Crippen LogP contribution in [0.1, 0.15) is 18.1 Å². The number of hydrogen-bond acceptors (Lipinski definition) is 5. The van der Waals surface area contributed by atoms with Crippen LogP contribution < -0.4 is 10.7 Å². The van der Waals surface area contributed by atoms with Crippen LogP contribution in [0.3, 0.4) is 0 Å². The molecule has 3 amide bonds. The van der Waals surface area contributed by atoms with Crippen molar-refractivity contribution < 1.29 is 37.1 Å². The molecule has 1 N–H and O–H groups in total. The lowest BCUT2D eigenvalue weighted by molar-refractivity contribution is -0.150. The third-order valence-electron chi connectivity index (χ3n) is 5.68. The third-order valence-corrected chi connectivity index (χ3v) is 6.13. The molecule has 0 spiro atoms. The lowest BCUT2D eigenvalue weighted by Gasteiger charge is -2.37. The molecule has 1 saturated heterocycles. The topological polar surface area (TPSA) is 113 Å². The van der Waals surface area contributed by atoms with E-state index in [0.29, 0.717) is 17.0 Å². The van der Waals surface area contributed by atoms with Crippen LogP contribution in [-0.4, -0.2) is 39.0 Å². The molecule has 0 bridgehead atoms. The van der Waals surface area contributed by atoms with Crippen molar-refractivity contribution in [2.75, 3.05) is 11.4 Å². The fraction of sp³-hybridized carbons (Fsp3) is 0.273. The Hall–Kier alpha value is -3.80. The lowest BCUT2D eigenvalue weighted by Crippen LogP contribution is -2.58. The molecule has 3 aromatic rings. The molecular weight excluding hydrogens is 495 g/mol. The number of rotatable bonds is 5. The van der Waals surface area contributed by atoms with Crippen LogP contribution in [0.2, 0.25) is 5.02 Å². The summed E-state index contributed by atoms with van der Waals surface area (Å²) in [6.45, 7) is 0.863. The Morgan fingerprint density at radius 3 is 2.54 bits per heavy atom. The highest BCUT2D eigenvalue weighted by atomic mass is 35.5. The van der Waals surface area contributed by atoms with Crippen molar-refractivity contribution in [1.82, 2.24) is 9.47 Å². The highest BCUT2D eigenvalue weighted by Crippen LogP contribution is 2.37. The number of alkyl halides is 3. The van der Waals surface area contributed by atoms with Gasteiger partial charge < -0.3 is 9.52 Å². The second-order valence-electron chi connectivity index (χ2n) is 7.75. The summed E-state index contributed by atoms with van der Waals surface area (Å²) in [5.41, 5.74) is -0.613. The highest BCUT2D eigenvalue weighted by Gasteiger charge is 2.44. The number of nitrogens with zero attached hydrogens (tertiary/aromatic N) is 3. The molecule has 1 atom stereocenters. The monoisotopic (exact) mass is 511 g/mol. The number of amides is 3. The zero-order valence-corrected chi connectivity index (χ0v) is 18.8. The molecule has 0 saturated carbocycles. The molecule has 0 radical (unpaired) electrons. The lowest BCUT2D eigenvalue weighted by atomic mass is 10.0. The van der Waals surface area contributed by atoms with Crippen LogP contribution in [0, 0.1) is 5.92 Å². The largest absolute Gasteiger partial charge is 0.481 e. The standard InChI is InChI=1S/C22H17ClF3N3O6/c1-2-27-15-7-6-12(8-16(15)35-21(27)34)28-10-13(19(31)32)18(30)29(20(28)33)9-11-4-3-5-14(17(11)23)22(24,25)26/h3-8,13H,2,9-10H2,1H3,(H,31,32). The van der Waals surface area contributed by atoms with Crippen LogP contribution in [0.15, 0.2) is 45.6 Å². The Morgan fingerprint density at radius 2 is 1.91 bits per heavy atom. The fourth-order valence-corrected chi connectivity index (χ4v) is 4.22. The van der Waals surface area contributed by atoms with Crippen molar-refractivity contribution in [2.45, 2.75) is 26.2 Å². The van der Waals surface area contributed by atoms with Gasteiger partial charge in [0.05, 0.1) is 22.6 Å². The molecule has 0 aliphatic carbocycles. The van der Waals surface area contributed by atoms with Gasteiger partial charge in [-0.25, -0.2) is 9.59 Å². The van der Waals surface area contributed by atoms with Crippen LogP contribution >= 0.6 is 11.6 Å².